The molecule has 18 heavy (non-hydrogen) atoms. The molecule has 1 aromatic rings. The van der Waals surface area contributed by atoms with Gasteiger partial charge in [-0.05, 0) is 41.0 Å². The molecule has 1 atom stereocenters. The molecular formula is C13H15BrN2O2. The van der Waals surface area contributed by atoms with Gasteiger partial charge in [-0.15, -0.1) is 0 Å². The number of para-hydroxylation sites is 1. The second-order valence-electron chi connectivity index (χ2n) is 4.82. The van der Waals surface area contributed by atoms with Crippen LogP contribution in [0.3, 0.4) is 0 Å². The Bertz CT molecular complexity index is 472. The molecule has 1 amide bonds. The van der Waals surface area contributed by atoms with Crippen molar-refractivity contribution >= 4 is 27.5 Å². The van der Waals surface area contributed by atoms with Crippen molar-refractivity contribution in [3.63, 3.8) is 0 Å². The lowest BCUT2D eigenvalue weighted by molar-refractivity contribution is -0.129. The molecule has 5 heteroatoms. The van der Waals surface area contributed by atoms with E-state index in [0.717, 1.165) is 29.7 Å². The van der Waals surface area contributed by atoms with E-state index in [-0.39, 0.29) is 18.1 Å². The van der Waals surface area contributed by atoms with Gasteiger partial charge >= 0.3 is 0 Å². The summed E-state index contributed by atoms with van der Waals surface area (Å²) in [6.07, 6.45) is 0.931. The lowest BCUT2D eigenvalue weighted by Gasteiger charge is -2.44. The summed E-state index contributed by atoms with van der Waals surface area (Å²) in [5.41, 5.74) is 0.716. The summed E-state index contributed by atoms with van der Waals surface area (Å²) in [5, 5.41) is 3.33. The number of carbonyl (C=O) groups is 1. The number of hydrogen-bond donors (Lipinski definition) is 1. The number of morpholine rings is 1. The number of amides is 1. The minimum Gasteiger partial charge on any atom is -0.369 e. The molecule has 2 aliphatic rings. The molecule has 2 fully saturated rings. The predicted octanol–water partition coefficient (Wildman–Crippen LogP) is 1.54. The second-order valence-corrected chi connectivity index (χ2v) is 5.68. The van der Waals surface area contributed by atoms with Crippen LogP contribution < -0.4 is 10.2 Å². The molecule has 1 unspecified atom stereocenters. The number of rotatable bonds is 1. The summed E-state index contributed by atoms with van der Waals surface area (Å²) < 4.78 is 6.42. The molecule has 4 nitrogen and oxygen atoms in total. The number of carbonyl (C=O) groups excluding carboxylic acids is 1. The number of nitrogens with zero attached hydrogens (tertiary/aromatic N) is 1. The average Bonchev–Trinajstić information content (AvgIpc) is 2.80. The zero-order valence-electron chi connectivity index (χ0n) is 9.99. The monoisotopic (exact) mass is 310 g/mol. The second kappa shape index (κ2) is 4.64. The van der Waals surface area contributed by atoms with Crippen molar-refractivity contribution in [2.24, 2.45) is 0 Å². The van der Waals surface area contributed by atoms with Gasteiger partial charge in [0.05, 0.1) is 17.8 Å². The van der Waals surface area contributed by atoms with Crippen LogP contribution in [-0.2, 0) is 9.53 Å². The Kier molecular flexibility index (Phi) is 3.13. The van der Waals surface area contributed by atoms with Crippen LogP contribution >= 0.6 is 15.9 Å². The number of anilines is 1. The maximum atomic E-state index is 12.3. The summed E-state index contributed by atoms with van der Waals surface area (Å²) in [4.78, 5) is 14.2. The molecule has 3 rings (SSSR count). The summed E-state index contributed by atoms with van der Waals surface area (Å²) in [6, 6.07) is 7.86. The van der Waals surface area contributed by atoms with Crippen LogP contribution in [0.1, 0.15) is 6.42 Å². The van der Waals surface area contributed by atoms with E-state index in [2.05, 4.69) is 21.2 Å². The zero-order valence-corrected chi connectivity index (χ0v) is 11.6. The van der Waals surface area contributed by atoms with Gasteiger partial charge in [-0.2, -0.15) is 0 Å². The fourth-order valence-electron chi connectivity index (χ4n) is 2.79. The maximum absolute atomic E-state index is 12.3. The van der Waals surface area contributed by atoms with Crippen LogP contribution in [0.25, 0.3) is 0 Å². The third-order valence-corrected chi connectivity index (χ3v) is 4.31. The van der Waals surface area contributed by atoms with Crippen molar-refractivity contribution in [1.82, 2.24) is 5.32 Å². The van der Waals surface area contributed by atoms with E-state index in [4.69, 9.17) is 4.74 Å². The van der Waals surface area contributed by atoms with E-state index < -0.39 is 0 Å². The number of hydrogen-bond acceptors (Lipinski definition) is 3. The molecular weight excluding hydrogens is 296 g/mol. The first-order valence-electron chi connectivity index (χ1n) is 6.09. The molecule has 96 valence electrons. The largest absolute Gasteiger partial charge is 0.369 e. The minimum absolute atomic E-state index is 0.0388. The van der Waals surface area contributed by atoms with Crippen LogP contribution in [0.2, 0.25) is 0 Å². The zero-order chi connectivity index (χ0) is 12.6. The maximum Gasteiger partial charge on any atom is 0.253 e. The van der Waals surface area contributed by atoms with E-state index in [1.165, 1.54) is 0 Å². The lowest BCUT2D eigenvalue weighted by Crippen LogP contribution is -2.61. The summed E-state index contributed by atoms with van der Waals surface area (Å²) >= 11 is 3.53. The van der Waals surface area contributed by atoms with E-state index in [0.29, 0.717) is 6.61 Å². The van der Waals surface area contributed by atoms with Gasteiger partial charge in [0.2, 0.25) is 0 Å². The summed E-state index contributed by atoms with van der Waals surface area (Å²) in [7, 11) is 0. The van der Waals surface area contributed by atoms with Crippen molar-refractivity contribution < 1.29 is 9.53 Å². The van der Waals surface area contributed by atoms with E-state index in [1.54, 1.807) is 0 Å². The van der Waals surface area contributed by atoms with Crippen LogP contribution in [0.5, 0.6) is 0 Å². The first-order chi connectivity index (χ1) is 8.73. The van der Waals surface area contributed by atoms with Crippen molar-refractivity contribution in [2.75, 3.05) is 31.2 Å². The highest BCUT2D eigenvalue weighted by Crippen LogP contribution is 2.36. The molecule has 0 bridgehead atoms. The van der Waals surface area contributed by atoms with Gasteiger partial charge in [0.25, 0.3) is 5.91 Å². The number of benzene rings is 1. The van der Waals surface area contributed by atoms with Crippen LogP contribution in [0.4, 0.5) is 5.69 Å². The Hall–Kier alpha value is -0.910. The third-order valence-electron chi connectivity index (χ3n) is 3.63. The van der Waals surface area contributed by atoms with Crippen LogP contribution in [-0.4, -0.2) is 37.7 Å². The van der Waals surface area contributed by atoms with E-state index >= 15 is 0 Å². The third kappa shape index (κ3) is 1.86. The minimum atomic E-state index is -0.223. The smallest absolute Gasteiger partial charge is 0.253 e. The van der Waals surface area contributed by atoms with Gasteiger partial charge < -0.3 is 10.1 Å². The van der Waals surface area contributed by atoms with Crippen molar-refractivity contribution in [3.05, 3.63) is 28.7 Å². The van der Waals surface area contributed by atoms with Gasteiger partial charge in [0.15, 0.2) is 0 Å². The van der Waals surface area contributed by atoms with E-state index in [1.807, 2.05) is 29.2 Å². The number of nitrogens with one attached hydrogen (secondary N) is 1. The van der Waals surface area contributed by atoms with Gasteiger partial charge in [0, 0.05) is 11.0 Å². The van der Waals surface area contributed by atoms with Gasteiger partial charge in [-0.25, -0.2) is 0 Å². The Labute approximate surface area is 114 Å². The van der Waals surface area contributed by atoms with E-state index in [9.17, 15) is 4.79 Å². The highest BCUT2D eigenvalue weighted by Gasteiger charge is 2.46. The molecule has 2 saturated heterocycles. The van der Waals surface area contributed by atoms with Crippen molar-refractivity contribution in [3.8, 4) is 0 Å². The molecule has 0 saturated carbocycles. The van der Waals surface area contributed by atoms with Gasteiger partial charge in [0.1, 0.15) is 6.61 Å². The van der Waals surface area contributed by atoms with Crippen LogP contribution in [0, 0.1) is 0 Å². The average molecular weight is 311 g/mol. The summed E-state index contributed by atoms with van der Waals surface area (Å²) in [5.74, 6) is 0.0388. The summed E-state index contributed by atoms with van der Waals surface area (Å²) in [6.45, 7) is 2.49. The fraction of sp³-hybridized carbons (Fsp3) is 0.462. The first kappa shape index (κ1) is 12.1. The first-order valence-corrected chi connectivity index (χ1v) is 6.88. The van der Waals surface area contributed by atoms with Gasteiger partial charge in [-0.1, -0.05) is 12.1 Å². The molecule has 1 aromatic carbocycles. The quantitative estimate of drug-likeness (QED) is 0.855. The molecule has 1 N–H and O–H groups in total. The van der Waals surface area contributed by atoms with Crippen molar-refractivity contribution in [1.29, 1.82) is 0 Å². The highest BCUT2D eigenvalue weighted by atomic mass is 79.9. The fourth-order valence-corrected chi connectivity index (χ4v) is 3.25. The normalized spacial score (nSPS) is 28.1. The molecule has 0 aromatic heterocycles. The molecule has 0 radical (unpaired) electrons. The number of halogens is 1. The van der Waals surface area contributed by atoms with Gasteiger partial charge in [-0.3, -0.25) is 9.69 Å². The lowest BCUT2D eigenvalue weighted by atomic mass is 9.94. The molecule has 2 heterocycles. The molecule has 2 aliphatic heterocycles. The Balaban J connectivity index is 2.05. The highest BCUT2D eigenvalue weighted by molar-refractivity contribution is 9.10. The Morgan fingerprint density at radius 2 is 2.22 bits per heavy atom. The Morgan fingerprint density at radius 3 is 2.94 bits per heavy atom. The molecule has 0 aliphatic carbocycles. The topological polar surface area (TPSA) is 41.6 Å². The predicted molar refractivity (Wildman–Crippen MR) is 72.7 cm³/mol. The Morgan fingerprint density at radius 1 is 1.39 bits per heavy atom. The number of ether oxygens (including phenoxy) is 1. The van der Waals surface area contributed by atoms with Crippen LogP contribution in [0.15, 0.2) is 28.7 Å². The molecule has 1 spiro atoms. The SMILES string of the molecule is O=C1COCC2(CCNC2)N1c1ccccc1Br. The standard InChI is InChI=1S/C13H15BrN2O2/c14-10-3-1-2-4-11(10)16-12(17)7-18-9-13(16)5-6-15-8-13/h1-4,15H,5-9H2. The van der Waals surface area contributed by atoms with Crippen molar-refractivity contribution in [2.45, 2.75) is 12.0 Å².